The number of fused-ring (bicyclic) bond motifs is 3. The van der Waals surface area contributed by atoms with Gasteiger partial charge in [-0.3, -0.25) is 9.48 Å². The van der Waals surface area contributed by atoms with Crippen LogP contribution < -0.4 is 5.32 Å². The summed E-state index contributed by atoms with van der Waals surface area (Å²) < 4.78 is 2.14. The van der Waals surface area contributed by atoms with E-state index in [0.717, 1.165) is 25.2 Å². The molecule has 2 aromatic rings. The molecule has 4 heteroatoms. The molecule has 2 bridgehead atoms. The van der Waals surface area contributed by atoms with Gasteiger partial charge in [0.15, 0.2) is 5.69 Å². The van der Waals surface area contributed by atoms with E-state index in [-0.39, 0.29) is 11.9 Å². The van der Waals surface area contributed by atoms with E-state index in [4.69, 9.17) is 5.10 Å². The van der Waals surface area contributed by atoms with Crippen molar-refractivity contribution in [1.82, 2.24) is 15.1 Å². The molecule has 1 N–H and O–H groups in total. The van der Waals surface area contributed by atoms with E-state index in [0.29, 0.717) is 23.6 Å². The van der Waals surface area contributed by atoms with Crippen molar-refractivity contribution in [3.05, 3.63) is 52.8 Å². The Morgan fingerprint density at radius 1 is 1.10 bits per heavy atom. The van der Waals surface area contributed by atoms with Gasteiger partial charge in [-0.05, 0) is 75.2 Å². The summed E-state index contributed by atoms with van der Waals surface area (Å²) in [5.74, 6) is 2.16. The van der Waals surface area contributed by atoms with Crippen LogP contribution in [0.1, 0.15) is 92.1 Å². The molecule has 3 aliphatic rings. The Morgan fingerprint density at radius 2 is 1.90 bits per heavy atom. The van der Waals surface area contributed by atoms with Crippen molar-refractivity contribution in [2.45, 2.75) is 83.7 Å². The van der Waals surface area contributed by atoms with E-state index in [1.54, 1.807) is 0 Å². The summed E-state index contributed by atoms with van der Waals surface area (Å²) in [6, 6.07) is 11.0. The highest BCUT2D eigenvalue weighted by molar-refractivity contribution is 5.94. The van der Waals surface area contributed by atoms with Crippen molar-refractivity contribution >= 4 is 5.91 Å². The molecule has 0 aliphatic heterocycles. The number of aromatic nitrogens is 2. The number of nitrogens with one attached hydrogen (secondary N) is 1. The van der Waals surface area contributed by atoms with Crippen molar-refractivity contribution in [3.63, 3.8) is 0 Å². The van der Waals surface area contributed by atoms with Crippen molar-refractivity contribution in [1.29, 1.82) is 0 Å². The van der Waals surface area contributed by atoms with Crippen LogP contribution in [0.5, 0.6) is 0 Å². The van der Waals surface area contributed by atoms with Gasteiger partial charge in [-0.1, -0.05) is 50.1 Å². The van der Waals surface area contributed by atoms with Gasteiger partial charge < -0.3 is 5.32 Å². The monoisotopic (exact) mass is 405 g/mol. The van der Waals surface area contributed by atoms with E-state index in [9.17, 15) is 4.79 Å². The third kappa shape index (κ3) is 3.59. The van der Waals surface area contributed by atoms with Gasteiger partial charge in [-0.15, -0.1) is 0 Å². The second kappa shape index (κ2) is 8.20. The van der Waals surface area contributed by atoms with Gasteiger partial charge >= 0.3 is 0 Å². The quantitative estimate of drug-likeness (QED) is 0.749. The van der Waals surface area contributed by atoms with Crippen LogP contribution in [0.15, 0.2) is 30.3 Å². The summed E-state index contributed by atoms with van der Waals surface area (Å²) in [4.78, 5) is 13.5. The lowest BCUT2D eigenvalue weighted by Gasteiger charge is -2.44. The lowest BCUT2D eigenvalue weighted by atomic mass is 9.65. The summed E-state index contributed by atoms with van der Waals surface area (Å²) in [5.41, 5.74) is 4.41. The third-order valence-electron chi connectivity index (χ3n) is 8.02. The van der Waals surface area contributed by atoms with Crippen molar-refractivity contribution in [3.8, 4) is 0 Å². The molecule has 1 aromatic carbocycles. The van der Waals surface area contributed by atoms with Crippen LogP contribution in [0.2, 0.25) is 0 Å². The molecule has 0 radical (unpaired) electrons. The fourth-order valence-electron chi connectivity index (χ4n) is 6.49. The Hall–Kier alpha value is -2.10. The highest BCUT2D eigenvalue weighted by atomic mass is 16.2. The molecule has 5 unspecified atom stereocenters. The van der Waals surface area contributed by atoms with Crippen molar-refractivity contribution in [2.75, 3.05) is 0 Å². The average Bonchev–Trinajstić information content (AvgIpc) is 3.16. The number of carbonyl (C=O) groups excluding carboxylic acids is 1. The molecule has 0 spiro atoms. The van der Waals surface area contributed by atoms with Gasteiger partial charge in [0.2, 0.25) is 0 Å². The Labute approximate surface area is 180 Å². The molecule has 3 aliphatic carbocycles. The standard InChI is InChI=1S/C26H35N3O/c1-17-15-19-9-8-12-21(16-19)24(17)27-26(30)25-22-13-6-7-14-23(22)29(28-25)18(2)20-10-4-3-5-11-20/h3-5,10-11,17-19,21,24H,6-9,12-16H2,1-2H3,(H,27,30). The number of carbonyl (C=O) groups is 1. The van der Waals surface area contributed by atoms with Crippen LogP contribution in [-0.4, -0.2) is 21.7 Å². The maximum Gasteiger partial charge on any atom is 0.272 e. The molecule has 0 saturated heterocycles. The molecule has 5 atom stereocenters. The van der Waals surface area contributed by atoms with E-state index >= 15 is 0 Å². The molecular weight excluding hydrogens is 370 g/mol. The predicted octanol–water partition coefficient (Wildman–Crippen LogP) is 5.32. The lowest BCUT2D eigenvalue weighted by Crippen LogP contribution is -2.49. The molecule has 4 nitrogen and oxygen atoms in total. The zero-order chi connectivity index (χ0) is 20.7. The summed E-state index contributed by atoms with van der Waals surface area (Å²) in [6.45, 7) is 4.53. The van der Waals surface area contributed by atoms with E-state index in [1.165, 1.54) is 55.3 Å². The largest absolute Gasteiger partial charge is 0.347 e. The molecule has 2 fully saturated rings. The molecule has 5 rings (SSSR count). The number of benzene rings is 1. The topological polar surface area (TPSA) is 46.9 Å². The lowest BCUT2D eigenvalue weighted by molar-refractivity contribution is 0.0722. The maximum atomic E-state index is 13.5. The smallest absolute Gasteiger partial charge is 0.272 e. The highest BCUT2D eigenvalue weighted by Gasteiger charge is 2.39. The van der Waals surface area contributed by atoms with Gasteiger partial charge in [0.1, 0.15) is 0 Å². The molecular formula is C26H35N3O. The van der Waals surface area contributed by atoms with Crippen LogP contribution in [0, 0.1) is 17.8 Å². The first kappa shape index (κ1) is 19.8. The average molecular weight is 406 g/mol. The van der Waals surface area contributed by atoms with Gasteiger partial charge in [0.25, 0.3) is 5.91 Å². The fraction of sp³-hybridized carbons (Fsp3) is 0.615. The van der Waals surface area contributed by atoms with E-state index in [1.807, 2.05) is 0 Å². The molecule has 1 heterocycles. The first-order valence-corrected chi connectivity index (χ1v) is 12.1. The van der Waals surface area contributed by atoms with Gasteiger partial charge in [-0.25, -0.2) is 0 Å². The summed E-state index contributed by atoms with van der Waals surface area (Å²) >= 11 is 0. The second-order valence-corrected chi connectivity index (χ2v) is 10.0. The Balaban J connectivity index is 1.42. The maximum absolute atomic E-state index is 13.5. The highest BCUT2D eigenvalue weighted by Crippen LogP contribution is 2.42. The van der Waals surface area contributed by atoms with Crippen molar-refractivity contribution < 1.29 is 4.79 Å². The molecule has 30 heavy (non-hydrogen) atoms. The number of hydrogen-bond acceptors (Lipinski definition) is 2. The fourth-order valence-corrected chi connectivity index (χ4v) is 6.49. The van der Waals surface area contributed by atoms with Gasteiger partial charge in [0, 0.05) is 17.3 Å². The molecule has 1 amide bonds. The predicted molar refractivity (Wildman–Crippen MR) is 120 cm³/mol. The van der Waals surface area contributed by atoms with Gasteiger partial charge in [0.05, 0.1) is 6.04 Å². The zero-order valence-electron chi connectivity index (χ0n) is 18.4. The molecule has 160 valence electrons. The first-order chi connectivity index (χ1) is 14.6. The first-order valence-electron chi connectivity index (χ1n) is 12.1. The van der Waals surface area contributed by atoms with Crippen LogP contribution in [0.4, 0.5) is 0 Å². The Morgan fingerprint density at radius 3 is 2.73 bits per heavy atom. The summed E-state index contributed by atoms with van der Waals surface area (Å²) in [5, 5.41) is 8.41. The number of hydrogen-bond donors (Lipinski definition) is 1. The summed E-state index contributed by atoms with van der Waals surface area (Å²) in [6.07, 6.45) is 10.9. The van der Waals surface area contributed by atoms with Gasteiger partial charge in [-0.2, -0.15) is 5.10 Å². The third-order valence-corrected chi connectivity index (χ3v) is 8.02. The number of rotatable bonds is 4. The Bertz CT molecular complexity index is 901. The minimum atomic E-state index is 0.0630. The number of amides is 1. The second-order valence-electron chi connectivity index (χ2n) is 10.0. The van der Waals surface area contributed by atoms with E-state index in [2.05, 4.69) is 54.2 Å². The molecule has 2 saturated carbocycles. The molecule has 1 aromatic heterocycles. The summed E-state index contributed by atoms with van der Waals surface area (Å²) in [7, 11) is 0. The van der Waals surface area contributed by atoms with Crippen LogP contribution in [-0.2, 0) is 12.8 Å². The Kier molecular flexibility index (Phi) is 5.43. The van der Waals surface area contributed by atoms with Crippen molar-refractivity contribution in [2.24, 2.45) is 17.8 Å². The van der Waals surface area contributed by atoms with Crippen LogP contribution >= 0.6 is 0 Å². The zero-order valence-corrected chi connectivity index (χ0v) is 18.4. The number of nitrogens with zero attached hydrogens (tertiary/aromatic N) is 2. The minimum Gasteiger partial charge on any atom is -0.347 e. The minimum absolute atomic E-state index is 0.0630. The van der Waals surface area contributed by atoms with Crippen LogP contribution in [0.25, 0.3) is 0 Å². The van der Waals surface area contributed by atoms with Crippen LogP contribution in [0.3, 0.4) is 0 Å². The van der Waals surface area contributed by atoms with E-state index < -0.39 is 0 Å². The normalized spacial score (nSPS) is 29.1. The SMILES string of the molecule is CC1CC2CCCC(C2)C1NC(=O)c1nn(C(C)c2ccccc2)c2c1CCCC2.